The zero-order chi connectivity index (χ0) is 29.2. The van der Waals surface area contributed by atoms with Crippen LogP contribution >= 0.6 is 0 Å². The van der Waals surface area contributed by atoms with Gasteiger partial charge in [0.2, 0.25) is 5.95 Å². The molecule has 5 aromatic rings. The summed E-state index contributed by atoms with van der Waals surface area (Å²) in [5.74, 6) is -0.409. The van der Waals surface area contributed by atoms with E-state index in [0.717, 1.165) is 61.3 Å². The molecule has 0 N–H and O–H groups in total. The molecule has 0 bridgehead atoms. The number of piperidine rings is 1. The number of aryl methyl sites for hydroxylation is 1. The van der Waals surface area contributed by atoms with Gasteiger partial charge < -0.3 is 14.2 Å². The Morgan fingerprint density at radius 3 is 2.57 bits per heavy atom. The predicted octanol–water partition coefficient (Wildman–Crippen LogP) is 4.95. The highest BCUT2D eigenvalue weighted by molar-refractivity contribution is 5.97. The Morgan fingerprint density at radius 2 is 1.83 bits per heavy atom. The van der Waals surface area contributed by atoms with Crippen molar-refractivity contribution in [1.82, 2.24) is 34.0 Å². The second-order valence-corrected chi connectivity index (χ2v) is 10.5. The maximum atomic E-state index is 13.8. The summed E-state index contributed by atoms with van der Waals surface area (Å²) in [6.45, 7) is 5.50. The number of halogens is 2. The minimum absolute atomic E-state index is 0.00165. The van der Waals surface area contributed by atoms with Gasteiger partial charge in [0.1, 0.15) is 17.3 Å². The van der Waals surface area contributed by atoms with Crippen molar-refractivity contribution in [3.63, 3.8) is 0 Å². The number of ketones is 1. The number of carbonyl (C=O) groups is 1. The molecular weight excluding hydrogens is 540 g/mol. The topological polar surface area (TPSA) is 90.4 Å². The van der Waals surface area contributed by atoms with E-state index in [1.807, 2.05) is 19.1 Å². The standard InChI is InChI=1S/C31H31F2N7O2/c1-20-35-30(21-3-5-23(32)6-4-21)31(40(20)25-10-13-38(14-11-25)15-16-42-2)26-7-8-29-36-24(19-39(29)37-26)18-27(41)22-9-12-34-28(33)17-22/h3-9,12,17,19,25H,10-11,13-16,18H2,1-2H3. The number of fused-ring (bicyclic) bond motifs is 1. The van der Waals surface area contributed by atoms with E-state index >= 15 is 0 Å². The molecule has 1 fully saturated rings. The number of rotatable bonds is 9. The molecule has 9 nitrogen and oxygen atoms in total. The van der Waals surface area contributed by atoms with Gasteiger partial charge in [0.15, 0.2) is 11.4 Å². The van der Waals surface area contributed by atoms with Crippen LogP contribution in [0.25, 0.3) is 28.3 Å². The number of methoxy groups -OCH3 is 1. The highest BCUT2D eigenvalue weighted by atomic mass is 19.1. The van der Waals surface area contributed by atoms with Gasteiger partial charge >= 0.3 is 0 Å². The fourth-order valence-electron chi connectivity index (χ4n) is 5.65. The Hall–Kier alpha value is -4.35. The van der Waals surface area contributed by atoms with Crippen LogP contribution in [0.2, 0.25) is 0 Å². The lowest BCUT2D eigenvalue weighted by molar-refractivity contribution is 0.0991. The van der Waals surface area contributed by atoms with E-state index in [-0.39, 0.29) is 29.6 Å². The van der Waals surface area contributed by atoms with Gasteiger partial charge in [-0.3, -0.25) is 4.79 Å². The van der Waals surface area contributed by atoms with E-state index in [1.165, 1.54) is 24.4 Å². The van der Waals surface area contributed by atoms with Crippen molar-refractivity contribution in [3.05, 3.63) is 89.8 Å². The second-order valence-electron chi connectivity index (χ2n) is 10.5. The van der Waals surface area contributed by atoms with Crippen molar-refractivity contribution < 1.29 is 18.3 Å². The average molecular weight is 572 g/mol. The number of ether oxygens (including phenoxy) is 1. The molecule has 1 aromatic carbocycles. The van der Waals surface area contributed by atoms with E-state index in [1.54, 1.807) is 30.0 Å². The molecular formula is C31H31F2N7O2. The molecule has 0 unspecified atom stereocenters. The molecule has 0 saturated carbocycles. The van der Waals surface area contributed by atoms with Crippen LogP contribution < -0.4 is 0 Å². The molecule has 5 heterocycles. The molecule has 0 amide bonds. The number of likely N-dealkylation sites (tertiary alicyclic amines) is 1. The van der Waals surface area contributed by atoms with Gasteiger partial charge in [-0.15, -0.1) is 0 Å². The van der Waals surface area contributed by atoms with Crippen LogP contribution in [0.5, 0.6) is 0 Å². The normalized spacial score (nSPS) is 14.6. The van der Waals surface area contributed by atoms with Gasteiger partial charge in [-0.05, 0) is 62.2 Å². The molecule has 1 aliphatic rings. The van der Waals surface area contributed by atoms with Gasteiger partial charge in [0, 0.05) is 56.2 Å². The molecule has 6 rings (SSSR count). The lowest BCUT2D eigenvalue weighted by Gasteiger charge is -2.33. The van der Waals surface area contributed by atoms with Crippen LogP contribution in [-0.2, 0) is 11.2 Å². The maximum Gasteiger partial charge on any atom is 0.213 e. The smallest absolute Gasteiger partial charge is 0.213 e. The molecule has 1 saturated heterocycles. The summed E-state index contributed by atoms with van der Waals surface area (Å²) in [4.78, 5) is 28.2. The van der Waals surface area contributed by atoms with Gasteiger partial charge in [-0.25, -0.2) is 23.9 Å². The van der Waals surface area contributed by atoms with Crippen LogP contribution in [0.3, 0.4) is 0 Å². The highest BCUT2D eigenvalue weighted by Crippen LogP contribution is 2.37. The third-order valence-electron chi connectivity index (χ3n) is 7.74. The quantitative estimate of drug-likeness (QED) is 0.183. The van der Waals surface area contributed by atoms with E-state index in [0.29, 0.717) is 23.6 Å². The number of aromatic nitrogens is 6. The predicted molar refractivity (Wildman–Crippen MR) is 153 cm³/mol. The fourth-order valence-corrected chi connectivity index (χ4v) is 5.65. The SMILES string of the molecule is COCCN1CCC(n2c(C)nc(-c3ccc(F)cc3)c2-c2ccc3nc(CC(=O)c4ccnc(F)c4)cn3n2)CC1. The highest BCUT2D eigenvalue weighted by Gasteiger charge is 2.28. The molecule has 1 aliphatic heterocycles. The van der Waals surface area contributed by atoms with Crippen molar-refractivity contribution in [2.24, 2.45) is 0 Å². The number of pyridine rings is 1. The molecule has 42 heavy (non-hydrogen) atoms. The Bertz CT molecular complexity index is 1720. The molecule has 0 aliphatic carbocycles. The van der Waals surface area contributed by atoms with Gasteiger partial charge in [0.05, 0.1) is 36.3 Å². The molecule has 216 valence electrons. The van der Waals surface area contributed by atoms with E-state index in [4.69, 9.17) is 14.8 Å². The number of carbonyl (C=O) groups excluding carboxylic acids is 1. The third-order valence-corrected chi connectivity index (χ3v) is 7.74. The van der Waals surface area contributed by atoms with Crippen molar-refractivity contribution >= 4 is 11.4 Å². The second kappa shape index (κ2) is 11.9. The van der Waals surface area contributed by atoms with Crippen molar-refractivity contribution in [1.29, 1.82) is 0 Å². The zero-order valence-corrected chi connectivity index (χ0v) is 23.5. The Balaban J connectivity index is 1.36. The number of hydrogen-bond donors (Lipinski definition) is 0. The van der Waals surface area contributed by atoms with Crippen LogP contribution in [0.4, 0.5) is 8.78 Å². The van der Waals surface area contributed by atoms with Crippen LogP contribution in [0.15, 0.2) is 60.9 Å². The minimum Gasteiger partial charge on any atom is -0.383 e. The monoisotopic (exact) mass is 571 g/mol. The summed E-state index contributed by atoms with van der Waals surface area (Å²) in [5.41, 5.74) is 4.43. The van der Waals surface area contributed by atoms with E-state index < -0.39 is 5.95 Å². The largest absolute Gasteiger partial charge is 0.383 e. The zero-order valence-electron chi connectivity index (χ0n) is 23.5. The summed E-state index contributed by atoms with van der Waals surface area (Å²) in [5, 5.41) is 4.90. The summed E-state index contributed by atoms with van der Waals surface area (Å²) in [6.07, 6.45) is 4.89. The summed E-state index contributed by atoms with van der Waals surface area (Å²) < 4.78 is 36.5. The lowest BCUT2D eigenvalue weighted by Crippen LogP contribution is -2.37. The van der Waals surface area contributed by atoms with Crippen LogP contribution in [-0.4, -0.2) is 73.2 Å². The number of imidazole rings is 2. The summed E-state index contributed by atoms with van der Waals surface area (Å²) >= 11 is 0. The average Bonchev–Trinajstić information content (AvgIpc) is 3.56. The fraction of sp³-hybridized carbons (Fsp3) is 0.323. The van der Waals surface area contributed by atoms with Crippen LogP contribution in [0.1, 0.15) is 40.8 Å². The van der Waals surface area contributed by atoms with E-state index in [2.05, 4.69) is 19.4 Å². The first-order valence-electron chi connectivity index (χ1n) is 14.0. The number of benzene rings is 1. The summed E-state index contributed by atoms with van der Waals surface area (Å²) in [7, 11) is 1.72. The molecule has 0 radical (unpaired) electrons. The minimum atomic E-state index is -0.702. The van der Waals surface area contributed by atoms with Crippen molar-refractivity contribution in [3.8, 4) is 22.6 Å². The first-order valence-corrected chi connectivity index (χ1v) is 14.0. The van der Waals surface area contributed by atoms with E-state index in [9.17, 15) is 13.6 Å². The number of hydrogen-bond acceptors (Lipinski definition) is 7. The molecule has 4 aromatic heterocycles. The molecule has 0 spiro atoms. The first kappa shape index (κ1) is 27.8. The molecule has 0 atom stereocenters. The summed E-state index contributed by atoms with van der Waals surface area (Å²) in [6, 6.07) is 12.9. The Morgan fingerprint density at radius 1 is 1.05 bits per heavy atom. The van der Waals surface area contributed by atoms with Crippen molar-refractivity contribution in [2.75, 3.05) is 33.4 Å². The Kier molecular flexibility index (Phi) is 7.86. The van der Waals surface area contributed by atoms with Gasteiger partial charge in [-0.2, -0.15) is 9.49 Å². The number of nitrogens with zero attached hydrogens (tertiary/aromatic N) is 7. The van der Waals surface area contributed by atoms with Crippen molar-refractivity contribution in [2.45, 2.75) is 32.2 Å². The molecule has 11 heteroatoms. The lowest BCUT2D eigenvalue weighted by atomic mass is 10.0. The maximum absolute atomic E-state index is 13.8. The number of Topliss-reactive ketones (excluding diaryl/α,β-unsaturated/α-hetero) is 1. The van der Waals surface area contributed by atoms with Gasteiger partial charge in [0.25, 0.3) is 0 Å². The van der Waals surface area contributed by atoms with Gasteiger partial charge in [-0.1, -0.05) is 0 Å². The first-order chi connectivity index (χ1) is 20.4. The Labute approximate surface area is 241 Å². The third kappa shape index (κ3) is 5.70. The van der Waals surface area contributed by atoms with Crippen LogP contribution in [0, 0.1) is 18.7 Å².